The van der Waals surface area contributed by atoms with Crippen LogP contribution in [0, 0.1) is 0 Å². The van der Waals surface area contributed by atoms with Gasteiger partial charge in [-0.2, -0.15) is 0 Å². The molecule has 0 bridgehead atoms. The molecule has 100 valence electrons. The summed E-state index contributed by atoms with van der Waals surface area (Å²) in [6, 6.07) is 8.27. The molecule has 0 atom stereocenters. The first kappa shape index (κ1) is 13.3. The molecule has 0 amide bonds. The van der Waals surface area contributed by atoms with E-state index in [2.05, 4.69) is 70.0 Å². The molecule has 1 aliphatic rings. The molecular weight excluding hydrogens is 372 g/mol. The average Bonchev–Trinajstić information content (AvgIpc) is 2.76. The number of benzene rings is 2. The fourth-order valence-corrected chi connectivity index (χ4v) is 3.09. The molecule has 0 saturated carbocycles. The molecule has 0 unspecified atom stereocenters. The number of halogens is 2. The van der Waals surface area contributed by atoms with Crippen LogP contribution in [0.5, 0.6) is 11.5 Å². The summed E-state index contributed by atoms with van der Waals surface area (Å²) in [6.45, 7) is 4.17. The van der Waals surface area contributed by atoms with Crippen molar-refractivity contribution < 1.29 is 9.47 Å². The summed E-state index contributed by atoms with van der Waals surface area (Å²) in [5.41, 5.74) is 0. The van der Waals surface area contributed by atoms with Gasteiger partial charge in [0.15, 0.2) is 11.5 Å². The quantitative estimate of drug-likeness (QED) is 0.664. The van der Waals surface area contributed by atoms with E-state index in [0.29, 0.717) is 0 Å². The molecule has 3 rings (SSSR count). The predicted molar refractivity (Wildman–Crippen MR) is 83.9 cm³/mol. The molecule has 0 saturated heterocycles. The minimum atomic E-state index is -0.492. The van der Waals surface area contributed by atoms with Gasteiger partial charge < -0.3 is 9.47 Å². The van der Waals surface area contributed by atoms with Gasteiger partial charge in [-0.1, -0.05) is 13.8 Å². The minimum absolute atomic E-state index is 0.492. The number of rotatable bonds is 2. The maximum Gasteiger partial charge on any atom is 0.251 e. The van der Waals surface area contributed by atoms with E-state index < -0.39 is 5.79 Å². The lowest BCUT2D eigenvalue weighted by atomic mass is 10.1. The van der Waals surface area contributed by atoms with Crippen LogP contribution in [0.1, 0.15) is 26.7 Å². The molecule has 1 aliphatic heterocycles. The molecule has 1 heterocycles. The Morgan fingerprint density at radius 1 is 0.842 bits per heavy atom. The van der Waals surface area contributed by atoms with Gasteiger partial charge in [0.2, 0.25) is 0 Å². The highest BCUT2D eigenvalue weighted by Gasteiger charge is 2.38. The lowest BCUT2D eigenvalue weighted by Gasteiger charge is -2.24. The summed E-state index contributed by atoms with van der Waals surface area (Å²) >= 11 is 7.06. The van der Waals surface area contributed by atoms with Gasteiger partial charge in [0, 0.05) is 21.8 Å². The molecule has 4 heteroatoms. The molecule has 0 spiro atoms. The van der Waals surface area contributed by atoms with Crippen LogP contribution in [0.15, 0.2) is 33.2 Å². The van der Waals surface area contributed by atoms with Gasteiger partial charge >= 0.3 is 0 Å². The van der Waals surface area contributed by atoms with Gasteiger partial charge in [-0.3, -0.25) is 0 Å². The highest BCUT2D eigenvalue weighted by molar-refractivity contribution is 9.13. The van der Waals surface area contributed by atoms with E-state index in [0.717, 1.165) is 44.1 Å². The molecule has 19 heavy (non-hydrogen) atoms. The van der Waals surface area contributed by atoms with Crippen molar-refractivity contribution in [3.05, 3.63) is 33.2 Å². The third-order valence-electron chi connectivity index (χ3n) is 3.61. The Morgan fingerprint density at radius 2 is 1.26 bits per heavy atom. The zero-order chi connectivity index (χ0) is 13.6. The molecule has 0 aromatic heterocycles. The first-order chi connectivity index (χ1) is 9.07. The second kappa shape index (κ2) is 4.67. The maximum absolute atomic E-state index is 6.02. The van der Waals surface area contributed by atoms with Crippen LogP contribution in [0.4, 0.5) is 0 Å². The molecule has 0 radical (unpaired) electrons. The summed E-state index contributed by atoms with van der Waals surface area (Å²) in [6.07, 6.45) is 1.67. The van der Waals surface area contributed by atoms with Crippen molar-refractivity contribution in [3.63, 3.8) is 0 Å². The van der Waals surface area contributed by atoms with Crippen molar-refractivity contribution in [1.29, 1.82) is 0 Å². The van der Waals surface area contributed by atoms with Gasteiger partial charge in [-0.05, 0) is 66.9 Å². The van der Waals surface area contributed by atoms with E-state index in [1.54, 1.807) is 0 Å². The standard InChI is InChI=1S/C15H14Br2O2/c1-3-15(4-2)18-13-7-9-5-11(16)12(17)6-10(9)8-14(13)19-15/h5-8H,3-4H2,1-2H3. The second-order valence-corrected chi connectivity index (χ2v) is 6.44. The topological polar surface area (TPSA) is 18.5 Å². The summed E-state index contributed by atoms with van der Waals surface area (Å²) in [7, 11) is 0. The zero-order valence-corrected chi connectivity index (χ0v) is 14.0. The smallest absolute Gasteiger partial charge is 0.251 e. The SMILES string of the molecule is CCC1(CC)Oc2cc3cc(Br)c(Br)cc3cc2O1. The highest BCUT2D eigenvalue weighted by atomic mass is 79.9. The van der Waals surface area contributed by atoms with Gasteiger partial charge in [-0.15, -0.1) is 0 Å². The molecule has 2 aromatic carbocycles. The van der Waals surface area contributed by atoms with Gasteiger partial charge in [0.25, 0.3) is 5.79 Å². The summed E-state index contributed by atoms with van der Waals surface area (Å²) < 4.78 is 14.1. The van der Waals surface area contributed by atoms with Crippen LogP contribution in [0.2, 0.25) is 0 Å². The van der Waals surface area contributed by atoms with Crippen molar-refractivity contribution in [2.45, 2.75) is 32.5 Å². The fourth-order valence-electron chi connectivity index (χ4n) is 2.37. The number of hydrogen-bond acceptors (Lipinski definition) is 2. The summed E-state index contributed by atoms with van der Waals surface area (Å²) in [5.74, 6) is 1.18. The van der Waals surface area contributed by atoms with E-state index in [1.165, 1.54) is 0 Å². The molecule has 0 fully saturated rings. The normalized spacial score (nSPS) is 16.0. The molecule has 2 aromatic rings. The summed E-state index contributed by atoms with van der Waals surface area (Å²) in [5, 5.41) is 2.28. The molecule has 0 N–H and O–H groups in total. The first-order valence-electron chi connectivity index (χ1n) is 6.38. The number of fused-ring (bicyclic) bond motifs is 2. The Labute approximate surface area is 129 Å². The monoisotopic (exact) mass is 384 g/mol. The Hall–Kier alpha value is -0.740. The highest BCUT2D eigenvalue weighted by Crippen LogP contribution is 2.45. The Balaban J connectivity index is 2.13. The maximum atomic E-state index is 6.02. The van der Waals surface area contributed by atoms with Crippen molar-refractivity contribution in [3.8, 4) is 11.5 Å². The molecular formula is C15H14Br2O2. The first-order valence-corrected chi connectivity index (χ1v) is 7.96. The van der Waals surface area contributed by atoms with Crippen LogP contribution in [0.3, 0.4) is 0 Å². The fraction of sp³-hybridized carbons (Fsp3) is 0.333. The zero-order valence-electron chi connectivity index (χ0n) is 10.8. The second-order valence-electron chi connectivity index (χ2n) is 4.73. The van der Waals surface area contributed by atoms with Gasteiger partial charge in [0.1, 0.15) is 0 Å². The van der Waals surface area contributed by atoms with Crippen LogP contribution < -0.4 is 9.47 Å². The van der Waals surface area contributed by atoms with E-state index in [-0.39, 0.29) is 0 Å². The van der Waals surface area contributed by atoms with Crippen molar-refractivity contribution >= 4 is 42.6 Å². The van der Waals surface area contributed by atoms with E-state index in [4.69, 9.17) is 9.47 Å². The van der Waals surface area contributed by atoms with Crippen LogP contribution in [-0.2, 0) is 0 Å². The van der Waals surface area contributed by atoms with Gasteiger partial charge in [-0.25, -0.2) is 0 Å². The average molecular weight is 386 g/mol. The van der Waals surface area contributed by atoms with Crippen LogP contribution >= 0.6 is 31.9 Å². The van der Waals surface area contributed by atoms with Crippen molar-refractivity contribution in [2.75, 3.05) is 0 Å². The van der Waals surface area contributed by atoms with E-state index in [9.17, 15) is 0 Å². The van der Waals surface area contributed by atoms with E-state index in [1.807, 2.05) is 0 Å². The molecule has 0 aliphatic carbocycles. The van der Waals surface area contributed by atoms with Crippen molar-refractivity contribution in [2.24, 2.45) is 0 Å². The van der Waals surface area contributed by atoms with Crippen molar-refractivity contribution in [1.82, 2.24) is 0 Å². The largest absolute Gasteiger partial charge is 0.448 e. The lowest BCUT2D eigenvalue weighted by Crippen LogP contribution is -2.36. The third-order valence-corrected chi connectivity index (χ3v) is 5.46. The third kappa shape index (κ3) is 2.15. The summed E-state index contributed by atoms with van der Waals surface area (Å²) in [4.78, 5) is 0. The lowest BCUT2D eigenvalue weighted by molar-refractivity contribution is -0.0842. The Morgan fingerprint density at radius 3 is 1.63 bits per heavy atom. The van der Waals surface area contributed by atoms with Crippen LogP contribution in [0.25, 0.3) is 10.8 Å². The van der Waals surface area contributed by atoms with E-state index >= 15 is 0 Å². The Kier molecular flexibility index (Phi) is 3.26. The predicted octanol–water partition coefficient (Wildman–Crippen LogP) is 5.65. The Bertz CT molecular complexity index is 596. The number of hydrogen-bond donors (Lipinski definition) is 0. The minimum Gasteiger partial charge on any atom is -0.448 e. The number of ether oxygens (including phenoxy) is 2. The van der Waals surface area contributed by atoms with Gasteiger partial charge in [0.05, 0.1) is 0 Å². The molecule has 2 nitrogen and oxygen atoms in total. The van der Waals surface area contributed by atoms with Crippen LogP contribution in [-0.4, -0.2) is 5.79 Å².